The van der Waals surface area contributed by atoms with Crippen LogP contribution in [0.3, 0.4) is 0 Å². The Kier molecular flexibility index (Phi) is 4.48. The molecule has 0 saturated carbocycles. The highest BCUT2D eigenvalue weighted by Crippen LogP contribution is 2.37. The zero-order chi connectivity index (χ0) is 16.6. The van der Waals surface area contributed by atoms with Crippen molar-refractivity contribution < 1.29 is 9.53 Å². The summed E-state index contributed by atoms with van der Waals surface area (Å²) in [6.07, 6.45) is 0. The Hall–Kier alpha value is -1.75. The zero-order valence-corrected chi connectivity index (χ0v) is 14.8. The Balaban J connectivity index is 1.97. The van der Waals surface area contributed by atoms with Crippen molar-refractivity contribution in [3.63, 3.8) is 0 Å². The molecule has 0 aliphatic rings. The van der Waals surface area contributed by atoms with Crippen molar-refractivity contribution in [3.05, 3.63) is 56.9 Å². The SMILES string of the molecule is COc1ccc2sc(C(=O)Nc3cc(Cl)ccc3C)c(Cl)c2c1. The van der Waals surface area contributed by atoms with Crippen LogP contribution in [0.1, 0.15) is 15.2 Å². The number of thiophene rings is 1. The molecule has 0 radical (unpaired) electrons. The molecule has 1 amide bonds. The number of halogens is 2. The van der Waals surface area contributed by atoms with Crippen molar-refractivity contribution in [2.24, 2.45) is 0 Å². The number of rotatable bonds is 3. The summed E-state index contributed by atoms with van der Waals surface area (Å²) in [6, 6.07) is 10.9. The number of ether oxygens (including phenoxy) is 1. The van der Waals surface area contributed by atoms with Gasteiger partial charge in [0.05, 0.1) is 12.1 Å². The third-order valence-corrected chi connectivity index (χ3v) is 5.40. The lowest BCUT2D eigenvalue weighted by Crippen LogP contribution is -2.11. The Labute approximate surface area is 147 Å². The van der Waals surface area contributed by atoms with Crippen LogP contribution in [-0.2, 0) is 0 Å². The number of anilines is 1. The van der Waals surface area contributed by atoms with Gasteiger partial charge in [-0.25, -0.2) is 0 Å². The molecule has 3 rings (SSSR count). The van der Waals surface area contributed by atoms with Crippen molar-refractivity contribution >= 4 is 56.2 Å². The Morgan fingerprint density at radius 1 is 1.17 bits per heavy atom. The van der Waals surface area contributed by atoms with E-state index in [1.807, 2.05) is 31.2 Å². The van der Waals surface area contributed by atoms with Gasteiger partial charge in [0, 0.05) is 20.8 Å². The Morgan fingerprint density at radius 2 is 1.96 bits per heavy atom. The van der Waals surface area contributed by atoms with Crippen LogP contribution in [0.4, 0.5) is 5.69 Å². The van der Waals surface area contributed by atoms with Crippen LogP contribution in [0, 0.1) is 6.92 Å². The largest absolute Gasteiger partial charge is 0.497 e. The standard InChI is InChI=1S/C17H13Cl2NO2S/c1-9-3-4-10(18)7-13(9)20-17(21)16-15(19)12-8-11(22-2)5-6-14(12)23-16/h3-8H,1-2H3,(H,20,21). The number of fused-ring (bicyclic) bond motifs is 1. The molecule has 6 heteroatoms. The summed E-state index contributed by atoms with van der Waals surface area (Å²) >= 11 is 13.7. The van der Waals surface area contributed by atoms with Gasteiger partial charge >= 0.3 is 0 Å². The molecule has 1 heterocycles. The molecule has 2 aromatic carbocycles. The topological polar surface area (TPSA) is 38.3 Å². The molecule has 0 atom stereocenters. The predicted octanol–water partition coefficient (Wildman–Crippen LogP) is 5.78. The Morgan fingerprint density at radius 3 is 2.70 bits per heavy atom. The van der Waals surface area contributed by atoms with E-state index in [9.17, 15) is 4.79 Å². The first-order valence-corrected chi connectivity index (χ1v) is 8.40. The van der Waals surface area contributed by atoms with Crippen molar-refractivity contribution in [3.8, 4) is 5.75 Å². The van der Waals surface area contributed by atoms with E-state index >= 15 is 0 Å². The monoisotopic (exact) mass is 365 g/mol. The van der Waals surface area contributed by atoms with Gasteiger partial charge in [-0.2, -0.15) is 0 Å². The summed E-state index contributed by atoms with van der Waals surface area (Å²) in [5.74, 6) is 0.454. The van der Waals surface area contributed by atoms with Gasteiger partial charge in [-0.05, 0) is 42.8 Å². The number of methoxy groups -OCH3 is 1. The second kappa shape index (κ2) is 6.40. The molecule has 0 aliphatic heterocycles. The average Bonchev–Trinajstić information content (AvgIpc) is 2.87. The molecular weight excluding hydrogens is 353 g/mol. The molecule has 1 N–H and O–H groups in total. The molecule has 118 valence electrons. The first kappa shape index (κ1) is 16.1. The van der Waals surface area contributed by atoms with Gasteiger partial charge in [0.15, 0.2) is 0 Å². The number of aryl methyl sites for hydroxylation is 1. The molecule has 0 saturated heterocycles. The highest BCUT2D eigenvalue weighted by Gasteiger charge is 2.18. The summed E-state index contributed by atoms with van der Waals surface area (Å²) in [4.78, 5) is 13.0. The molecule has 0 fully saturated rings. The first-order valence-electron chi connectivity index (χ1n) is 6.83. The summed E-state index contributed by atoms with van der Waals surface area (Å²) in [5, 5.41) is 4.68. The van der Waals surface area contributed by atoms with Gasteiger partial charge in [0.2, 0.25) is 0 Å². The van der Waals surface area contributed by atoms with Gasteiger partial charge < -0.3 is 10.1 Å². The molecule has 0 spiro atoms. The number of amides is 1. The molecule has 3 aromatic rings. The fourth-order valence-electron chi connectivity index (χ4n) is 2.23. The normalized spacial score (nSPS) is 10.8. The zero-order valence-electron chi connectivity index (χ0n) is 12.4. The van der Waals surface area contributed by atoms with Crippen LogP contribution in [0.5, 0.6) is 5.75 Å². The third kappa shape index (κ3) is 3.15. The summed E-state index contributed by atoms with van der Waals surface area (Å²) < 4.78 is 6.14. The van der Waals surface area contributed by atoms with Crippen LogP contribution in [0.25, 0.3) is 10.1 Å². The fourth-order valence-corrected chi connectivity index (χ4v) is 3.78. The third-order valence-electron chi connectivity index (χ3n) is 3.49. The quantitative estimate of drug-likeness (QED) is 0.638. The van der Waals surface area contributed by atoms with Crippen LogP contribution >= 0.6 is 34.5 Å². The fraction of sp³-hybridized carbons (Fsp3) is 0.118. The molecule has 3 nitrogen and oxygen atoms in total. The number of nitrogens with one attached hydrogen (secondary N) is 1. The van der Waals surface area contributed by atoms with Gasteiger partial charge in [0.1, 0.15) is 10.6 Å². The van der Waals surface area contributed by atoms with Crippen molar-refractivity contribution in [1.82, 2.24) is 0 Å². The molecule has 0 aliphatic carbocycles. The van der Waals surface area contributed by atoms with E-state index in [0.29, 0.717) is 26.4 Å². The van der Waals surface area contributed by atoms with E-state index in [-0.39, 0.29) is 5.91 Å². The summed E-state index contributed by atoms with van der Waals surface area (Å²) in [5.41, 5.74) is 1.61. The molecule has 0 bridgehead atoms. The van der Waals surface area contributed by atoms with Crippen LogP contribution in [0.15, 0.2) is 36.4 Å². The van der Waals surface area contributed by atoms with Crippen molar-refractivity contribution in [2.75, 3.05) is 12.4 Å². The molecule has 1 aromatic heterocycles. The van der Waals surface area contributed by atoms with Crippen molar-refractivity contribution in [1.29, 1.82) is 0 Å². The smallest absolute Gasteiger partial charge is 0.267 e. The van der Waals surface area contributed by atoms with E-state index in [0.717, 1.165) is 15.6 Å². The first-order chi connectivity index (χ1) is 11.0. The van der Waals surface area contributed by atoms with Crippen LogP contribution < -0.4 is 10.1 Å². The van der Waals surface area contributed by atoms with E-state index in [4.69, 9.17) is 27.9 Å². The lowest BCUT2D eigenvalue weighted by molar-refractivity contribution is 0.103. The lowest BCUT2D eigenvalue weighted by atomic mass is 10.2. The maximum atomic E-state index is 12.6. The van der Waals surface area contributed by atoms with E-state index in [1.54, 1.807) is 19.2 Å². The minimum atomic E-state index is -0.250. The van der Waals surface area contributed by atoms with E-state index < -0.39 is 0 Å². The highest BCUT2D eigenvalue weighted by molar-refractivity contribution is 7.21. The van der Waals surface area contributed by atoms with Crippen LogP contribution in [0.2, 0.25) is 10.0 Å². The Bertz CT molecular complexity index is 905. The lowest BCUT2D eigenvalue weighted by Gasteiger charge is -2.08. The minimum Gasteiger partial charge on any atom is -0.497 e. The van der Waals surface area contributed by atoms with E-state index in [2.05, 4.69) is 5.32 Å². The number of benzene rings is 2. The maximum Gasteiger partial charge on any atom is 0.267 e. The molecule has 23 heavy (non-hydrogen) atoms. The van der Waals surface area contributed by atoms with Crippen molar-refractivity contribution in [2.45, 2.75) is 6.92 Å². The second-order valence-electron chi connectivity index (χ2n) is 5.02. The number of carbonyl (C=O) groups excluding carboxylic acids is 1. The number of hydrogen-bond donors (Lipinski definition) is 1. The van der Waals surface area contributed by atoms with Gasteiger partial charge in [0.25, 0.3) is 5.91 Å². The maximum absolute atomic E-state index is 12.6. The number of carbonyl (C=O) groups is 1. The van der Waals surface area contributed by atoms with Gasteiger partial charge in [-0.3, -0.25) is 4.79 Å². The minimum absolute atomic E-state index is 0.250. The average molecular weight is 366 g/mol. The molecule has 0 unspecified atom stereocenters. The second-order valence-corrected chi connectivity index (χ2v) is 6.89. The van der Waals surface area contributed by atoms with E-state index in [1.165, 1.54) is 11.3 Å². The van der Waals surface area contributed by atoms with Gasteiger partial charge in [-0.1, -0.05) is 29.3 Å². The highest BCUT2D eigenvalue weighted by atomic mass is 35.5. The summed E-state index contributed by atoms with van der Waals surface area (Å²) in [7, 11) is 1.59. The summed E-state index contributed by atoms with van der Waals surface area (Å²) in [6.45, 7) is 1.91. The van der Waals surface area contributed by atoms with Crippen LogP contribution in [-0.4, -0.2) is 13.0 Å². The predicted molar refractivity (Wildman–Crippen MR) is 97.5 cm³/mol. The molecular formula is C17H13Cl2NO2S. The van der Waals surface area contributed by atoms with Gasteiger partial charge in [-0.15, -0.1) is 11.3 Å². The number of hydrogen-bond acceptors (Lipinski definition) is 3.